The van der Waals surface area contributed by atoms with Crippen molar-refractivity contribution in [2.45, 2.75) is 59.1 Å². The van der Waals surface area contributed by atoms with Gasteiger partial charge in [0.2, 0.25) is 5.91 Å². The summed E-state index contributed by atoms with van der Waals surface area (Å²) in [4.78, 5) is 28.5. The largest absolute Gasteiger partial charge is 0.489 e. The normalized spacial score (nSPS) is 18.6. The highest BCUT2D eigenvalue weighted by atomic mass is 19.3. The average molecular weight is 469 g/mol. The molecule has 0 bridgehead atoms. The minimum Gasteiger partial charge on any atom is -0.489 e. The lowest BCUT2D eigenvalue weighted by atomic mass is 9.99. The van der Waals surface area contributed by atoms with Gasteiger partial charge < -0.3 is 24.0 Å². The van der Waals surface area contributed by atoms with E-state index in [1.807, 2.05) is 0 Å². The Hall–Kier alpha value is -2.58. The molecule has 1 atom stereocenters. The summed E-state index contributed by atoms with van der Waals surface area (Å²) >= 11 is 0. The van der Waals surface area contributed by atoms with Crippen molar-refractivity contribution >= 4 is 17.6 Å². The van der Waals surface area contributed by atoms with E-state index in [4.69, 9.17) is 9.47 Å². The minimum atomic E-state index is -2.93. The number of halogens is 2. The maximum Gasteiger partial charge on any atom is 0.387 e. The fraction of sp³-hybridized carbons (Fsp3) is 0.667. The number of hydrogen-bond donors (Lipinski definition) is 0. The van der Waals surface area contributed by atoms with Crippen LogP contribution in [-0.2, 0) is 14.3 Å². The number of hydrogen-bond acceptors (Lipinski definition) is 6. The third kappa shape index (κ3) is 7.47. The third-order valence-electron chi connectivity index (χ3n) is 5.83. The van der Waals surface area contributed by atoms with Crippen molar-refractivity contribution in [1.82, 2.24) is 4.90 Å². The molecule has 33 heavy (non-hydrogen) atoms. The standard InChI is InChI=1S/C24H34F2N2O5/c1-4-31-23(30)13-22(29)28-10-9-27(14-19(28)11-16(2)3)18-7-8-20(33-24(25)26)21(12-18)32-15-17-5-6-17/h7-8,12,16-17,19,24H,4-6,9-11,13-15H2,1-3H3. The van der Waals surface area contributed by atoms with E-state index in [1.54, 1.807) is 24.0 Å². The van der Waals surface area contributed by atoms with Gasteiger partial charge in [-0.1, -0.05) is 13.8 Å². The summed E-state index contributed by atoms with van der Waals surface area (Å²) in [5.41, 5.74) is 0.827. The molecule has 0 N–H and O–H groups in total. The highest BCUT2D eigenvalue weighted by Gasteiger charge is 2.32. The van der Waals surface area contributed by atoms with E-state index in [1.165, 1.54) is 6.07 Å². The average Bonchev–Trinajstić information content (AvgIpc) is 3.56. The Kier molecular flexibility index (Phi) is 8.74. The van der Waals surface area contributed by atoms with Gasteiger partial charge in [-0.05, 0) is 50.2 Å². The van der Waals surface area contributed by atoms with E-state index in [-0.39, 0.29) is 30.7 Å². The molecule has 1 unspecified atom stereocenters. The topological polar surface area (TPSA) is 68.3 Å². The first-order chi connectivity index (χ1) is 15.8. The molecule has 1 aliphatic heterocycles. The Bertz CT molecular complexity index is 816. The third-order valence-corrected chi connectivity index (χ3v) is 5.83. The number of benzene rings is 1. The molecule has 0 aromatic heterocycles. The molecule has 9 heteroatoms. The number of carbonyl (C=O) groups excluding carboxylic acids is 2. The number of piperazine rings is 1. The molecule has 0 spiro atoms. The first-order valence-electron chi connectivity index (χ1n) is 11.7. The second kappa shape index (κ2) is 11.5. The molecule has 0 radical (unpaired) electrons. The predicted octanol–water partition coefficient (Wildman–Crippen LogP) is 4.09. The van der Waals surface area contributed by atoms with Crippen molar-refractivity contribution in [3.8, 4) is 11.5 Å². The molecular weight excluding hydrogens is 434 g/mol. The summed E-state index contributed by atoms with van der Waals surface area (Å²) in [5, 5.41) is 0. The summed E-state index contributed by atoms with van der Waals surface area (Å²) < 4.78 is 41.1. The van der Waals surface area contributed by atoms with E-state index < -0.39 is 12.6 Å². The van der Waals surface area contributed by atoms with Gasteiger partial charge in [0.25, 0.3) is 0 Å². The van der Waals surface area contributed by atoms with E-state index in [9.17, 15) is 18.4 Å². The zero-order valence-electron chi connectivity index (χ0n) is 19.6. The second-order valence-corrected chi connectivity index (χ2v) is 9.06. The summed E-state index contributed by atoms with van der Waals surface area (Å²) in [6, 6.07) is 4.92. The van der Waals surface area contributed by atoms with Crippen LogP contribution < -0.4 is 14.4 Å². The van der Waals surface area contributed by atoms with Gasteiger partial charge in [0.1, 0.15) is 6.42 Å². The Morgan fingerprint density at radius 3 is 2.55 bits per heavy atom. The second-order valence-electron chi connectivity index (χ2n) is 9.06. The SMILES string of the molecule is CCOC(=O)CC(=O)N1CCN(c2ccc(OC(F)F)c(OCC3CC3)c2)CC1CC(C)C. The van der Waals surface area contributed by atoms with Gasteiger partial charge in [-0.25, -0.2) is 0 Å². The smallest absolute Gasteiger partial charge is 0.387 e. The van der Waals surface area contributed by atoms with Crippen LogP contribution in [0.4, 0.5) is 14.5 Å². The molecule has 7 nitrogen and oxygen atoms in total. The fourth-order valence-electron chi connectivity index (χ4n) is 4.09. The first-order valence-corrected chi connectivity index (χ1v) is 11.7. The summed E-state index contributed by atoms with van der Waals surface area (Å²) in [6.07, 6.45) is 2.69. The molecule has 1 aromatic carbocycles. The molecule has 1 heterocycles. The van der Waals surface area contributed by atoms with Crippen LogP contribution in [0.1, 0.15) is 46.5 Å². The number of amides is 1. The Balaban J connectivity index is 1.73. The molecule has 2 aliphatic rings. The van der Waals surface area contributed by atoms with Crippen LogP contribution >= 0.6 is 0 Å². The number of ether oxygens (including phenoxy) is 3. The van der Waals surface area contributed by atoms with Gasteiger partial charge in [0.05, 0.1) is 13.2 Å². The van der Waals surface area contributed by atoms with E-state index >= 15 is 0 Å². The van der Waals surface area contributed by atoms with Crippen LogP contribution in [0.25, 0.3) is 0 Å². The molecule has 1 saturated heterocycles. The highest BCUT2D eigenvalue weighted by molar-refractivity contribution is 5.94. The van der Waals surface area contributed by atoms with Crippen LogP contribution in [0.2, 0.25) is 0 Å². The summed E-state index contributed by atoms with van der Waals surface area (Å²) in [7, 11) is 0. The number of nitrogens with zero attached hydrogens (tertiary/aromatic N) is 2. The van der Waals surface area contributed by atoms with Crippen LogP contribution in [0.5, 0.6) is 11.5 Å². The lowest BCUT2D eigenvalue weighted by molar-refractivity contribution is -0.149. The number of anilines is 1. The summed E-state index contributed by atoms with van der Waals surface area (Å²) in [5.74, 6) is 0.412. The molecule has 2 fully saturated rings. The van der Waals surface area contributed by atoms with E-state index in [0.29, 0.717) is 43.8 Å². The zero-order valence-corrected chi connectivity index (χ0v) is 19.6. The molecule has 1 saturated carbocycles. The number of rotatable bonds is 11. The van der Waals surface area contributed by atoms with Crippen molar-refractivity contribution in [2.75, 3.05) is 37.7 Å². The van der Waals surface area contributed by atoms with Gasteiger partial charge in [-0.3, -0.25) is 9.59 Å². The monoisotopic (exact) mass is 468 g/mol. The first kappa shape index (κ1) is 25.1. The Labute approximate surface area is 194 Å². The van der Waals surface area contributed by atoms with Crippen molar-refractivity contribution in [3.05, 3.63) is 18.2 Å². The maximum atomic E-state index is 12.8. The lowest BCUT2D eigenvalue weighted by Crippen LogP contribution is -2.56. The van der Waals surface area contributed by atoms with Crippen LogP contribution in [-0.4, -0.2) is 62.3 Å². The fourth-order valence-corrected chi connectivity index (χ4v) is 4.09. The minimum absolute atomic E-state index is 0.0244. The highest BCUT2D eigenvalue weighted by Crippen LogP contribution is 2.37. The predicted molar refractivity (Wildman–Crippen MR) is 120 cm³/mol. The molecular formula is C24H34F2N2O5. The van der Waals surface area contributed by atoms with Crippen LogP contribution in [0, 0.1) is 11.8 Å². The van der Waals surface area contributed by atoms with Gasteiger partial charge in [-0.15, -0.1) is 0 Å². The Morgan fingerprint density at radius 2 is 1.91 bits per heavy atom. The molecule has 1 aliphatic carbocycles. The van der Waals surface area contributed by atoms with Gasteiger partial charge >= 0.3 is 12.6 Å². The zero-order chi connectivity index (χ0) is 24.0. The molecule has 1 amide bonds. The maximum absolute atomic E-state index is 12.8. The van der Waals surface area contributed by atoms with E-state index in [0.717, 1.165) is 24.9 Å². The molecule has 1 aromatic rings. The van der Waals surface area contributed by atoms with Gasteiger partial charge in [-0.2, -0.15) is 8.78 Å². The van der Waals surface area contributed by atoms with Crippen molar-refractivity contribution in [1.29, 1.82) is 0 Å². The van der Waals surface area contributed by atoms with Crippen molar-refractivity contribution in [3.63, 3.8) is 0 Å². The summed E-state index contributed by atoms with van der Waals surface area (Å²) in [6.45, 7) is 5.28. The van der Waals surface area contributed by atoms with Crippen LogP contribution in [0.3, 0.4) is 0 Å². The molecule has 184 valence electrons. The van der Waals surface area contributed by atoms with Crippen molar-refractivity contribution in [2.24, 2.45) is 11.8 Å². The van der Waals surface area contributed by atoms with Gasteiger partial charge in [0.15, 0.2) is 11.5 Å². The number of alkyl halides is 2. The lowest BCUT2D eigenvalue weighted by Gasteiger charge is -2.43. The molecule has 3 rings (SSSR count). The van der Waals surface area contributed by atoms with Crippen LogP contribution in [0.15, 0.2) is 18.2 Å². The Morgan fingerprint density at radius 1 is 1.15 bits per heavy atom. The number of esters is 1. The van der Waals surface area contributed by atoms with Gasteiger partial charge in [0, 0.05) is 37.4 Å². The quantitative estimate of drug-likeness (QED) is 0.360. The number of carbonyl (C=O) groups is 2. The van der Waals surface area contributed by atoms with E-state index in [2.05, 4.69) is 23.5 Å². The van der Waals surface area contributed by atoms with Crippen molar-refractivity contribution < 1.29 is 32.6 Å².